The van der Waals surface area contributed by atoms with Gasteiger partial charge in [-0.15, -0.1) is 0 Å². The first kappa shape index (κ1) is 13.6. The van der Waals surface area contributed by atoms with E-state index in [-0.39, 0.29) is 11.9 Å². The molecule has 0 spiro atoms. The molecule has 1 aromatic rings. The summed E-state index contributed by atoms with van der Waals surface area (Å²) in [6.45, 7) is 1.46. The molecule has 2 N–H and O–H groups in total. The number of benzene rings is 1. The minimum absolute atomic E-state index is 0.0333. The van der Waals surface area contributed by atoms with Gasteiger partial charge in [0.05, 0.1) is 7.11 Å². The predicted octanol–water partition coefficient (Wildman–Crippen LogP) is 1.66. The lowest BCUT2D eigenvalue weighted by Crippen LogP contribution is -2.45. The van der Waals surface area contributed by atoms with Crippen LogP contribution in [0.15, 0.2) is 30.3 Å². The molecule has 1 aliphatic heterocycles. The third-order valence-corrected chi connectivity index (χ3v) is 3.30. The van der Waals surface area contributed by atoms with Crippen molar-refractivity contribution in [2.45, 2.75) is 18.9 Å². The summed E-state index contributed by atoms with van der Waals surface area (Å²) in [6, 6.07) is 7.71. The first-order valence-corrected chi connectivity index (χ1v) is 6.55. The molecule has 1 atom stereocenters. The second-order valence-electron chi connectivity index (χ2n) is 4.79. The van der Waals surface area contributed by atoms with E-state index >= 15 is 0 Å². The highest BCUT2D eigenvalue weighted by Crippen LogP contribution is 2.13. The van der Waals surface area contributed by atoms with Crippen LogP contribution in [-0.2, 0) is 4.79 Å². The van der Waals surface area contributed by atoms with Gasteiger partial charge in [0.2, 0.25) is 5.91 Å². The summed E-state index contributed by atoms with van der Waals surface area (Å²) >= 11 is 0. The van der Waals surface area contributed by atoms with Crippen molar-refractivity contribution in [2.24, 2.45) is 5.73 Å². The lowest BCUT2D eigenvalue weighted by Gasteiger charge is -2.29. The lowest BCUT2D eigenvalue weighted by molar-refractivity contribution is -0.127. The summed E-state index contributed by atoms with van der Waals surface area (Å²) < 4.78 is 5.09. The maximum Gasteiger partial charge on any atom is 0.246 e. The van der Waals surface area contributed by atoms with E-state index in [1.165, 1.54) is 0 Å². The Morgan fingerprint density at radius 1 is 1.42 bits per heavy atom. The van der Waals surface area contributed by atoms with E-state index in [2.05, 4.69) is 0 Å². The topological polar surface area (TPSA) is 55.6 Å². The van der Waals surface area contributed by atoms with Crippen molar-refractivity contribution in [3.8, 4) is 5.75 Å². The van der Waals surface area contributed by atoms with Crippen molar-refractivity contribution in [1.82, 2.24) is 4.90 Å². The molecule has 1 fully saturated rings. The fourth-order valence-electron chi connectivity index (χ4n) is 2.20. The molecular formula is C15H20N2O2. The highest BCUT2D eigenvalue weighted by molar-refractivity contribution is 5.91. The summed E-state index contributed by atoms with van der Waals surface area (Å²) in [5, 5.41) is 0. The molecule has 1 saturated heterocycles. The number of ether oxygens (including phenoxy) is 1. The van der Waals surface area contributed by atoms with Crippen molar-refractivity contribution in [3.05, 3.63) is 35.9 Å². The minimum atomic E-state index is 0.0333. The van der Waals surface area contributed by atoms with E-state index in [0.717, 1.165) is 30.7 Å². The zero-order valence-corrected chi connectivity index (χ0v) is 11.2. The Morgan fingerprint density at radius 2 is 2.16 bits per heavy atom. The van der Waals surface area contributed by atoms with Crippen LogP contribution < -0.4 is 10.5 Å². The van der Waals surface area contributed by atoms with Gasteiger partial charge in [0.15, 0.2) is 0 Å². The Labute approximate surface area is 113 Å². The Hall–Kier alpha value is -1.81. The van der Waals surface area contributed by atoms with Crippen molar-refractivity contribution < 1.29 is 9.53 Å². The molecule has 2 rings (SSSR count). The standard InChI is InChI=1S/C15H20N2O2/c1-19-14-7-4-12(5-8-14)6-9-15(18)17-10-2-3-13(16)11-17/h4-9,13H,2-3,10-11,16H2,1H3. The van der Waals surface area contributed by atoms with Gasteiger partial charge in [-0.3, -0.25) is 4.79 Å². The number of hydrogen-bond acceptors (Lipinski definition) is 3. The molecule has 19 heavy (non-hydrogen) atoms. The Bertz CT molecular complexity index is 454. The van der Waals surface area contributed by atoms with E-state index in [1.807, 2.05) is 35.2 Å². The number of carbonyl (C=O) groups excluding carboxylic acids is 1. The predicted molar refractivity (Wildman–Crippen MR) is 75.8 cm³/mol. The summed E-state index contributed by atoms with van der Waals surface area (Å²) in [5.74, 6) is 0.844. The summed E-state index contributed by atoms with van der Waals surface area (Å²) in [6.07, 6.45) is 5.43. The highest BCUT2D eigenvalue weighted by atomic mass is 16.5. The molecule has 1 amide bonds. The molecule has 0 bridgehead atoms. The van der Waals surface area contributed by atoms with Gasteiger partial charge in [-0.1, -0.05) is 12.1 Å². The van der Waals surface area contributed by atoms with Gasteiger partial charge in [-0.05, 0) is 36.6 Å². The van der Waals surface area contributed by atoms with Crippen molar-refractivity contribution in [1.29, 1.82) is 0 Å². The zero-order chi connectivity index (χ0) is 13.7. The van der Waals surface area contributed by atoms with E-state index in [9.17, 15) is 4.79 Å². The van der Waals surface area contributed by atoms with Gasteiger partial charge < -0.3 is 15.4 Å². The van der Waals surface area contributed by atoms with Gasteiger partial charge >= 0.3 is 0 Å². The number of likely N-dealkylation sites (tertiary alicyclic amines) is 1. The number of hydrogen-bond donors (Lipinski definition) is 1. The number of rotatable bonds is 3. The molecule has 1 heterocycles. The quantitative estimate of drug-likeness (QED) is 0.841. The molecule has 102 valence electrons. The number of carbonyl (C=O) groups is 1. The molecule has 4 nitrogen and oxygen atoms in total. The van der Waals surface area contributed by atoms with Crippen LogP contribution in [0.2, 0.25) is 0 Å². The van der Waals surface area contributed by atoms with Crippen LogP contribution in [0.3, 0.4) is 0 Å². The number of methoxy groups -OCH3 is 1. The van der Waals surface area contributed by atoms with E-state index < -0.39 is 0 Å². The van der Waals surface area contributed by atoms with Gasteiger partial charge in [0.25, 0.3) is 0 Å². The van der Waals surface area contributed by atoms with Crippen molar-refractivity contribution in [3.63, 3.8) is 0 Å². The molecule has 1 unspecified atom stereocenters. The van der Waals surface area contributed by atoms with Crippen LogP contribution in [0.25, 0.3) is 6.08 Å². The third kappa shape index (κ3) is 3.83. The Balaban J connectivity index is 1.95. The van der Waals surface area contributed by atoms with E-state index in [4.69, 9.17) is 10.5 Å². The molecule has 0 radical (unpaired) electrons. The van der Waals surface area contributed by atoms with Gasteiger partial charge in [0.1, 0.15) is 5.75 Å². The zero-order valence-electron chi connectivity index (χ0n) is 11.2. The third-order valence-electron chi connectivity index (χ3n) is 3.30. The Kier molecular flexibility index (Phi) is 4.58. The van der Waals surface area contributed by atoms with E-state index in [0.29, 0.717) is 6.54 Å². The van der Waals surface area contributed by atoms with Crippen LogP contribution in [0.1, 0.15) is 18.4 Å². The van der Waals surface area contributed by atoms with Crippen LogP contribution >= 0.6 is 0 Å². The summed E-state index contributed by atoms with van der Waals surface area (Å²) in [5.41, 5.74) is 6.85. The van der Waals surface area contributed by atoms with Gasteiger partial charge in [-0.25, -0.2) is 0 Å². The summed E-state index contributed by atoms with van der Waals surface area (Å²) in [4.78, 5) is 13.8. The monoisotopic (exact) mass is 260 g/mol. The normalized spacial score (nSPS) is 19.7. The molecule has 1 aliphatic rings. The average Bonchev–Trinajstić information content (AvgIpc) is 2.45. The fourth-order valence-corrected chi connectivity index (χ4v) is 2.20. The van der Waals surface area contributed by atoms with Crippen LogP contribution in [0, 0.1) is 0 Å². The molecular weight excluding hydrogens is 240 g/mol. The van der Waals surface area contributed by atoms with Crippen molar-refractivity contribution >= 4 is 12.0 Å². The minimum Gasteiger partial charge on any atom is -0.497 e. The maximum absolute atomic E-state index is 12.0. The van der Waals surface area contributed by atoms with Crippen LogP contribution in [-0.4, -0.2) is 37.0 Å². The number of nitrogens with zero attached hydrogens (tertiary/aromatic N) is 1. The molecule has 4 heteroatoms. The van der Waals surface area contributed by atoms with Gasteiger partial charge in [0, 0.05) is 25.2 Å². The number of piperidine rings is 1. The number of amides is 1. The maximum atomic E-state index is 12.0. The molecule has 1 aromatic carbocycles. The molecule has 0 aromatic heterocycles. The summed E-state index contributed by atoms with van der Waals surface area (Å²) in [7, 11) is 1.63. The largest absolute Gasteiger partial charge is 0.497 e. The fraction of sp³-hybridized carbons (Fsp3) is 0.400. The van der Waals surface area contributed by atoms with Gasteiger partial charge in [-0.2, -0.15) is 0 Å². The second-order valence-corrected chi connectivity index (χ2v) is 4.79. The number of nitrogens with two attached hydrogens (primary N) is 1. The molecule has 0 saturated carbocycles. The van der Waals surface area contributed by atoms with Crippen LogP contribution in [0.5, 0.6) is 5.75 Å². The average molecular weight is 260 g/mol. The smallest absolute Gasteiger partial charge is 0.246 e. The highest BCUT2D eigenvalue weighted by Gasteiger charge is 2.19. The van der Waals surface area contributed by atoms with Crippen LogP contribution in [0.4, 0.5) is 0 Å². The van der Waals surface area contributed by atoms with E-state index in [1.54, 1.807) is 13.2 Å². The Morgan fingerprint density at radius 3 is 2.79 bits per heavy atom. The second kappa shape index (κ2) is 6.38. The lowest BCUT2D eigenvalue weighted by atomic mass is 10.1. The van der Waals surface area contributed by atoms with Crippen molar-refractivity contribution in [2.75, 3.05) is 20.2 Å². The molecule has 0 aliphatic carbocycles. The first-order chi connectivity index (χ1) is 9.19. The first-order valence-electron chi connectivity index (χ1n) is 6.55. The SMILES string of the molecule is COc1ccc(C=CC(=O)N2CCCC(N)C2)cc1.